The molecule has 1 N–H and O–H groups in total. The van der Waals surface area contributed by atoms with Crippen LogP contribution in [0.1, 0.15) is 30.6 Å². The predicted octanol–water partition coefficient (Wildman–Crippen LogP) is 2.27. The molecule has 132 valence electrons. The highest BCUT2D eigenvalue weighted by atomic mass is 32.2. The molecule has 0 unspecified atom stereocenters. The molecule has 1 amide bonds. The Labute approximate surface area is 146 Å². The largest absolute Gasteiger partial charge is 0.467 e. The molecule has 1 rings (SSSR count). The first-order valence-corrected chi connectivity index (χ1v) is 8.78. The number of esters is 2. The Morgan fingerprint density at radius 1 is 1.21 bits per heavy atom. The number of nitrogens with one attached hydrogen (secondary N) is 1. The van der Waals surface area contributed by atoms with Gasteiger partial charge in [0.05, 0.1) is 12.7 Å². The first kappa shape index (κ1) is 20.0. The molecule has 1 aromatic rings. The van der Waals surface area contributed by atoms with E-state index in [9.17, 15) is 14.4 Å². The zero-order valence-electron chi connectivity index (χ0n) is 14.3. The van der Waals surface area contributed by atoms with E-state index in [1.807, 2.05) is 26.2 Å². The molecule has 1 aromatic carbocycles. The maximum absolute atomic E-state index is 12.1. The quantitative estimate of drug-likeness (QED) is 0.570. The van der Waals surface area contributed by atoms with Gasteiger partial charge in [0, 0.05) is 4.90 Å². The van der Waals surface area contributed by atoms with Gasteiger partial charge in [-0.2, -0.15) is 0 Å². The number of amides is 1. The molecule has 0 aromatic heterocycles. The van der Waals surface area contributed by atoms with Gasteiger partial charge in [-0.3, -0.25) is 4.79 Å². The average molecular weight is 353 g/mol. The van der Waals surface area contributed by atoms with E-state index in [0.717, 1.165) is 4.90 Å². The third-order valence-corrected chi connectivity index (χ3v) is 3.99. The van der Waals surface area contributed by atoms with E-state index in [4.69, 9.17) is 4.74 Å². The summed E-state index contributed by atoms with van der Waals surface area (Å²) in [7, 11) is 1.27. The number of methoxy groups -OCH3 is 1. The number of carbonyl (C=O) groups is 3. The fourth-order valence-electron chi connectivity index (χ4n) is 2.09. The first-order valence-electron chi connectivity index (χ1n) is 7.56. The van der Waals surface area contributed by atoms with Gasteiger partial charge in [0.2, 0.25) is 0 Å². The Bertz CT molecular complexity index is 588. The Kier molecular flexibility index (Phi) is 8.32. The van der Waals surface area contributed by atoms with Gasteiger partial charge in [-0.05, 0) is 30.7 Å². The SMILES string of the molecule is COC(=O)[C@@H](CC(C)C)NC(=O)COC(=O)c1ccccc1SC. The van der Waals surface area contributed by atoms with Crippen LogP contribution in [0, 0.1) is 5.92 Å². The third-order valence-electron chi connectivity index (χ3n) is 3.19. The lowest BCUT2D eigenvalue weighted by molar-refractivity contribution is -0.145. The highest BCUT2D eigenvalue weighted by Crippen LogP contribution is 2.20. The van der Waals surface area contributed by atoms with Crippen molar-refractivity contribution in [3.8, 4) is 0 Å². The van der Waals surface area contributed by atoms with E-state index >= 15 is 0 Å². The van der Waals surface area contributed by atoms with Crippen molar-refractivity contribution in [1.29, 1.82) is 0 Å². The standard InChI is InChI=1S/C17H23NO5S/c1-11(2)9-13(17(21)22-3)18-15(19)10-23-16(20)12-7-5-6-8-14(12)24-4/h5-8,11,13H,9-10H2,1-4H3,(H,18,19)/t13-/m1/s1. The van der Waals surface area contributed by atoms with Crippen LogP contribution in [0.15, 0.2) is 29.2 Å². The molecular weight excluding hydrogens is 330 g/mol. The molecule has 0 saturated carbocycles. The van der Waals surface area contributed by atoms with Crippen LogP contribution < -0.4 is 5.32 Å². The van der Waals surface area contributed by atoms with Crippen LogP contribution in [0.3, 0.4) is 0 Å². The van der Waals surface area contributed by atoms with Gasteiger partial charge in [0.15, 0.2) is 6.61 Å². The molecule has 0 radical (unpaired) electrons. The van der Waals surface area contributed by atoms with Gasteiger partial charge in [-0.25, -0.2) is 9.59 Å². The number of ether oxygens (including phenoxy) is 2. The third kappa shape index (κ3) is 6.23. The summed E-state index contributed by atoms with van der Waals surface area (Å²) in [6.45, 7) is 3.41. The van der Waals surface area contributed by atoms with Gasteiger partial charge in [0.1, 0.15) is 6.04 Å². The minimum atomic E-state index is -0.750. The number of hydrogen-bond acceptors (Lipinski definition) is 6. The minimum absolute atomic E-state index is 0.199. The van der Waals surface area contributed by atoms with E-state index in [0.29, 0.717) is 12.0 Å². The molecule has 0 bridgehead atoms. The molecule has 0 aliphatic heterocycles. The lowest BCUT2D eigenvalue weighted by Gasteiger charge is -2.18. The average Bonchev–Trinajstić information content (AvgIpc) is 2.57. The topological polar surface area (TPSA) is 81.7 Å². The summed E-state index contributed by atoms with van der Waals surface area (Å²) in [5.74, 6) is -1.43. The number of benzene rings is 1. The predicted molar refractivity (Wildman–Crippen MR) is 91.9 cm³/mol. The second-order valence-corrected chi connectivity index (χ2v) is 6.40. The van der Waals surface area contributed by atoms with Gasteiger partial charge in [-0.15, -0.1) is 11.8 Å². The fraction of sp³-hybridized carbons (Fsp3) is 0.471. The van der Waals surface area contributed by atoms with Crippen LogP contribution in [-0.2, 0) is 19.1 Å². The molecule has 6 nitrogen and oxygen atoms in total. The zero-order valence-corrected chi connectivity index (χ0v) is 15.1. The molecule has 24 heavy (non-hydrogen) atoms. The summed E-state index contributed by atoms with van der Waals surface area (Å²) in [6, 6.07) is 6.24. The summed E-state index contributed by atoms with van der Waals surface area (Å²) < 4.78 is 9.71. The second-order valence-electron chi connectivity index (χ2n) is 5.55. The van der Waals surface area contributed by atoms with E-state index in [1.165, 1.54) is 18.9 Å². The molecular formula is C17H23NO5S. The highest BCUT2D eigenvalue weighted by molar-refractivity contribution is 7.98. The summed E-state index contributed by atoms with van der Waals surface area (Å²) >= 11 is 1.42. The van der Waals surface area contributed by atoms with E-state index in [-0.39, 0.29) is 5.92 Å². The molecule has 0 saturated heterocycles. The van der Waals surface area contributed by atoms with Crippen molar-refractivity contribution >= 4 is 29.6 Å². The Morgan fingerprint density at radius 3 is 2.46 bits per heavy atom. The number of rotatable bonds is 8. The number of carbonyl (C=O) groups excluding carboxylic acids is 3. The summed E-state index contributed by atoms with van der Waals surface area (Å²) in [5.41, 5.74) is 0.407. The van der Waals surface area contributed by atoms with Crippen molar-refractivity contribution in [3.05, 3.63) is 29.8 Å². The van der Waals surface area contributed by atoms with Gasteiger partial charge < -0.3 is 14.8 Å². The summed E-state index contributed by atoms with van der Waals surface area (Å²) in [4.78, 5) is 36.5. The van der Waals surface area contributed by atoms with Crippen molar-refractivity contribution in [2.45, 2.75) is 31.2 Å². The first-order chi connectivity index (χ1) is 11.4. The molecule has 0 aliphatic carbocycles. The Balaban J connectivity index is 2.61. The number of thioether (sulfide) groups is 1. The summed E-state index contributed by atoms with van der Waals surface area (Å²) in [6.07, 6.45) is 2.30. The van der Waals surface area contributed by atoms with E-state index < -0.39 is 30.5 Å². The van der Waals surface area contributed by atoms with Crippen molar-refractivity contribution < 1.29 is 23.9 Å². The van der Waals surface area contributed by atoms with Crippen LogP contribution in [-0.4, -0.2) is 43.9 Å². The monoisotopic (exact) mass is 353 g/mol. The molecule has 0 aliphatic rings. The van der Waals surface area contributed by atoms with Crippen molar-refractivity contribution in [2.75, 3.05) is 20.0 Å². The number of hydrogen-bond donors (Lipinski definition) is 1. The van der Waals surface area contributed by atoms with Crippen molar-refractivity contribution in [2.24, 2.45) is 5.92 Å². The van der Waals surface area contributed by atoms with Crippen LogP contribution in [0.5, 0.6) is 0 Å². The highest BCUT2D eigenvalue weighted by Gasteiger charge is 2.23. The van der Waals surface area contributed by atoms with Crippen LogP contribution in [0.2, 0.25) is 0 Å². The van der Waals surface area contributed by atoms with Gasteiger partial charge in [-0.1, -0.05) is 26.0 Å². The Hall–Kier alpha value is -2.02. The lowest BCUT2D eigenvalue weighted by atomic mass is 10.0. The second kappa shape index (κ2) is 9.97. The molecule has 1 atom stereocenters. The molecule has 0 heterocycles. The molecule has 0 fully saturated rings. The van der Waals surface area contributed by atoms with Crippen LogP contribution in [0.25, 0.3) is 0 Å². The van der Waals surface area contributed by atoms with Crippen LogP contribution in [0.4, 0.5) is 0 Å². The lowest BCUT2D eigenvalue weighted by Crippen LogP contribution is -2.44. The van der Waals surface area contributed by atoms with Crippen molar-refractivity contribution in [1.82, 2.24) is 5.32 Å². The van der Waals surface area contributed by atoms with Gasteiger partial charge in [0.25, 0.3) is 5.91 Å². The van der Waals surface area contributed by atoms with Crippen LogP contribution >= 0.6 is 11.8 Å². The molecule has 0 spiro atoms. The van der Waals surface area contributed by atoms with E-state index in [2.05, 4.69) is 10.1 Å². The fourth-order valence-corrected chi connectivity index (χ4v) is 2.67. The maximum atomic E-state index is 12.1. The van der Waals surface area contributed by atoms with E-state index in [1.54, 1.807) is 18.2 Å². The smallest absolute Gasteiger partial charge is 0.339 e. The zero-order chi connectivity index (χ0) is 18.1. The maximum Gasteiger partial charge on any atom is 0.339 e. The normalized spacial score (nSPS) is 11.7. The molecule has 7 heteroatoms. The minimum Gasteiger partial charge on any atom is -0.467 e. The van der Waals surface area contributed by atoms with Gasteiger partial charge >= 0.3 is 11.9 Å². The van der Waals surface area contributed by atoms with Crippen molar-refractivity contribution in [3.63, 3.8) is 0 Å². The Morgan fingerprint density at radius 2 is 1.88 bits per heavy atom. The summed E-state index contributed by atoms with van der Waals surface area (Å²) in [5, 5.41) is 2.54.